The second kappa shape index (κ2) is 15.8. The summed E-state index contributed by atoms with van der Waals surface area (Å²) in [7, 11) is 0. The van der Waals surface area contributed by atoms with E-state index in [0.717, 1.165) is 41.5 Å². The molecule has 0 spiro atoms. The van der Waals surface area contributed by atoms with Crippen molar-refractivity contribution >= 4 is 104 Å². The molecule has 5 atom stereocenters. The number of amidine groups is 1. The first-order valence-electron chi connectivity index (χ1n) is 25.7. The van der Waals surface area contributed by atoms with E-state index < -0.39 is 5.54 Å². The Kier molecular flexibility index (Phi) is 9.17. The van der Waals surface area contributed by atoms with Gasteiger partial charge in [-0.25, -0.2) is 0 Å². The van der Waals surface area contributed by atoms with Gasteiger partial charge >= 0.3 is 0 Å². The predicted octanol–water partition coefficient (Wildman–Crippen LogP) is 17.6. The van der Waals surface area contributed by atoms with Crippen molar-refractivity contribution in [3.63, 3.8) is 0 Å². The molecule has 0 fully saturated rings. The van der Waals surface area contributed by atoms with Gasteiger partial charge in [0.15, 0.2) is 0 Å². The summed E-state index contributed by atoms with van der Waals surface area (Å²) in [5.41, 5.74) is 11.8. The lowest BCUT2D eigenvalue weighted by Gasteiger charge is -2.42. The number of nitrogens with one attached hydrogen (secondary N) is 1. The van der Waals surface area contributed by atoms with Gasteiger partial charge < -0.3 is 18.9 Å². The monoisotopic (exact) mass is 948 g/mol. The Balaban J connectivity index is 1.00. The summed E-state index contributed by atoms with van der Waals surface area (Å²) in [5, 5.41) is 14.5. The van der Waals surface area contributed by atoms with E-state index in [4.69, 9.17) is 9.41 Å². The molecule has 5 unspecified atom stereocenters. The van der Waals surface area contributed by atoms with Gasteiger partial charge in [-0.2, -0.15) is 0 Å². The molecule has 5 nitrogen and oxygen atoms in total. The summed E-state index contributed by atoms with van der Waals surface area (Å²) in [6.07, 6.45) is 9.48. The first kappa shape index (κ1) is 41.8. The zero-order valence-corrected chi connectivity index (χ0v) is 41.4. The van der Waals surface area contributed by atoms with Crippen LogP contribution in [0, 0.1) is 5.92 Å². The normalized spacial score (nSPS) is 20.9. The Morgan fingerprint density at radius 3 is 2.19 bits per heavy atom. The minimum absolute atomic E-state index is 0.0483. The Hall–Kier alpha value is -7.93. The number of hydrogen-bond donors (Lipinski definition) is 1. The van der Waals surface area contributed by atoms with E-state index in [1.165, 1.54) is 96.8 Å². The fraction of sp³-hybridized carbons (Fsp3) is 0.167. The van der Waals surface area contributed by atoms with Crippen LogP contribution in [0.1, 0.15) is 91.8 Å². The van der Waals surface area contributed by atoms with Gasteiger partial charge in [0, 0.05) is 82.0 Å². The maximum absolute atomic E-state index is 7.16. The minimum Gasteiger partial charge on any atom is -0.457 e. The number of allylic oxidation sites excluding steroid dienone is 1. The van der Waals surface area contributed by atoms with Gasteiger partial charge in [-0.05, 0) is 114 Å². The molecular formula is C66H52N4OS. The summed E-state index contributed by atoms with van der Waals surface area (Å²) in [5.74, 6) is 3.29. The molecule has 0 amide bonds. The lowest BCUT2D eigenvalue weighted by molar-refractivity contribution is 0.311. The van der Waals surface area contributed by atoms with E-state index in [-0.39, 0.29) is 18.0 Å². The summed E-state index contributed by atoms with van der Waals surface area (Å²) >= 11 is 1.89. The maximum Gasteiger partial charge on any atom is 0.133 e. The van der Waals surface area contributed by atoms with Crippen LogP contribution in [-0.4, -0.2) is 15.0 Å². The lowest BCUT2D eigenvalue weighted by Crippen LogP contribution is -2.44. The van der Waals surface area contributed by atoms with Crippen LogP contribution in [0.5, 0.6) is 0 Å². The van der Waals surface area contributed by atoms with Gasteiger partial charge in [-0.1, -0.05) is 141 Å². The van der Waals surface area contributed by atoms with E-state index >= 15 is 0 Å². The molecule has 3 aliphatic rings. The molecule has 0 bridgehead atoms. The summed E-state index contributed by atoms with van der Waals surface area (Å²) in [6.45, 7) is 7.21. The summed E-state index contributed by atoms with van der Waals surface area (Å²) < 4.78 is 14.9. The number of para-hydroxylation sites is 3. The Morgan fingerprint density at radius 2 is 1.35 bits per heavy atom. The highest BCUT2D eigenvalue weighted by atomic mass is 32.1. The molecule has 0 saturated heterocycles. The summed E-state index contributed by atoms with van der Waals surface area (Å²) in [4.78, 5) is 6.12. The Bertz CT molecular complexity index is 4310. The van der Waals surface area contributed by atoms with E-state index in [2.05, 4.69) is 229 Å². The number of fused-ring (bicyclic) bond motifs is 13. The van der Waals surface area contributed by atoms with E-state index in [1.807, 2.05) is 11.3 Å². The minimum atomic E-state index is -0.552. The number of benzene rings is 8. The van der Waals surface area contributed by atoms with Crippen molar-refractivity contribution in [2.75, 3.05) is 0 Å². The van der Waals surface area contributed by atoms with Gasteiger partial charge in [0.05, 0.1) is 34.2 Å². The van der Waals surface area contributed by atoms with Crippen molar-refractivity contribution in [3.05, 3.63) is 221 Å². The standard InChI is InChI=1S/C66H52N4OS/c1-4-44-63(48-27-17-31-53-60(48)46-25-11-13-29-51(46)69(53)43-22-6-5-7-23-43)67-65(68-64(44)49-28-18-34-58-61(49)47-26-12-15-33-57(47)72-58)42-37-56-62(59-39(2)19-16-32-55(59)71-56)66(3,38-42)70-52-30-14-10-24-45(52)50-35-40-20-8-9-21-41(40)36-54(50)70/h5-18,20-37,39,44,63-64H,4,19,38H2,1-3H3,(H,67,68). The van der Waals surface area contributed by atoms with Crippen molar-refractivity contribution < 1.29 is 4.42 Å². The quantitative estimate of drug-likeness (QED) is 0.181. The smallest absolute Gasteiger partial charge is 0.133 e. The molecule has 12 aromatic rings. The van der Waals surface area contributed by atoms with Crippen LogP contribution in [-0.2, 0) is 5.54 Å². The van der Waals surface area contributed by atoms with Crippen molar-refractivity contribution in [2.45, 2.75) is 63.6 Å². The highest BCUT2D eigenvalue weighted by Crippen LogP contribution is 2.54. The van der Waals surface area contributed by atoms with E-state index in [9.17, 15) is 0 Å². The third-order valence-electron chi connectivity index (χ3n) is 16.7. The third kappa shape index (κ3) is 5.96. The molecule has 8 aromatic carbocycles. The van der Waals surface area contributed by atoms with Crippen molar-refractivity contribution in [3.8, 4) is 5.69 Å². The number of rotatable bonds is 6. The van der Waals surface area contributed by atoms with Crippen LogP contribution in [0.2, 0.25) is 0 Å². The van der Waals surface area contributed by atoms with Crippen LogP contribution in [0.4, 0.5) is 0 Å². The maximum atomic E-state index is 7.16. The van der Waals surface area contributed by atoms with Crippen LogP contribution >= 0.6 is 11.3 Å². The number of aromatic nitrogens is 2. The van der Waals surface area contributed by atoms with Crippen molar-refractivity contribution in [2.24, 2.45) is 10.9 Å². The molecule has 348 valence electrons. The average molecular weight is 949 g/mol. The number of hydrogen-bond acceptors (Lipinski definition) is 4. The van der Waals surface area contributed by atoms with Crippen LogP contribution in [0.15, 0.2) is 197 Å². The molecule has 72 heavy (non-hydrogen) atoms. The molecule has 1 N–H and O–H groups in total. The van der Waals surface area contributed by atoms with Crippen molar-refractivity contribution in [1.82, 2.24) is 14.5 Å². The van der Waals surface area contributed by atoms with E-state index in [1.54, 1.807) is 0 Å². The summed E-state index contributed by atoms with van der Waals surface area (Å²) in [6, 6.07) is 65.0. The SMILES string of the molecule is CCC1C(c2cccc3c2c2ccccc2n3-c2ccccc2)N=C(C2=Cc3oc4c(c3C(C)(n3c5ccccc5c5cc6ccccc6cc53)C2)C(C)CC=C4)NC1c1cccc2sc3ccccc3c12. The molecule has 1 aliphatic heterocycles. The first-order chi connectivity index (χ1) is 35.4. The number of aliphatic imine (C=N–C) groups is 1. The van der Waals surface area contributed by atoms with Gasteiger partial charge in [-0.3, -0.25) is 4.99 Å². The zero-order valence-electron chi connectivity index (χ0n) is 40.6. The number of nitrogens with zero attached hydrogens (tertiary/aromatic N) is 3. The second-order valence-electron chi connectivity index (χ2n) is 20.7. The van der Waals surface area contributed by atoms with Crippen molar-refractivity contribution in [1.29, 1.82) is 0 Å². The lowest BCUT2D eigenvalue weighted by atomic mass is 9.73. The average Bonchev–Trinajstić information content (AvgIpc) is 4.19. The highest BCUT2D eigenvalue weighted by Gasteiger charge is 2.46. The molecule has 0 saturated carbocycles. The fourth-order valence-electron chi connectivity index (χ4n) is 13.6. The predicted molar refractivity (Wildman–Crippen MR) is 303 cm³/mol. The largest absolute Gasteiger partial charge is 0.457 e. The third-order valence-corrected chi connectivity index (χ3v) is 17.8. The topological polar surface area (TPSA) is 47.4 Å². The van der Waals surface area contributed by atoms with E-state index in [0.29, 0.717) is 12.3 Å². The first-order valence-corrected chi connectivity index (χ1v) is 26.6. The highest BCUT2D eigenvalue weighted by molar-refractivity contribution is 7.25. The molecule has 6 heteroatoms. The van der Waals surface area contributed by atoms with Crippen LogP contribution in [0.25, 0.3) is 92.4 Å². The molecule has 4 aromatic heterocycles. The Labute approximate surface area is 422 Å². The molecule has 15 rings (SSSR count). The number of furan rings is 1. The molecular weight excluding hydrogens is 897 g/mol. The second-order valence-corrected chi connectivity index (χ2v) is 21.8. The molecule has 5 heterocycles. The zero-order chi connectivity index (χ0) is 47.8. The van der Waals surface area contributed by atoms with Gasteiger partial charge in [0.25, 0.3) is 0 Å². The van der Waals surface area contributed by atoms with Gasteiger partial charge in [0.2, 0.25) is 0 Å². The van der Waals surface area contributed by atoms with Crippen LogP contribution < -0.4 is 5.32 Å². The van der Waals surface area contributed by atoms with Gasteiger partial charge in [0.1, 0.15) is 17.4 Å². The number of thiophene rings is 1. The van der Waals surface area contributed by atoms with Gasteiger partial charge in [-0.15, -0.1) is 11.3 Å². The van der Waals surface area contributed by atoms with Crippen LogP contribution in [0.3, 0.4) is 0 Å². The molecule has 0 radical (unpaired) electrons. The Morgan fingerprint density at radius 1 is 0.653 bits per heavy atom. The fourth-order valence-corrected chi connectivity index (χ4v) is 14.7. The molecule has 2 aliphatic carbocycles.